The van der Waals surface area contributed by atoms with Crippen LogP contribution >= 0.6 is 0 Å². The van der Waals surface area contributed by atoms with E-state index in [0.29, 0.717) is 29.9 Å². The zero-order valence-corrected chi connectivity index (χ0v) is 10.8. The van der Waals surface area contributed by atoms with Crippen molar-refractivity contribution in [2.24, 2.45) is 0 Å². The van der Waals surface area contributed by atoms with Gasteiger partial charge in [0, 0.05) is 18.7 Å². The summed E-state index contributed by atoms with van der Waals surface area (Å²) in [5.74, 6) is 1.09. The summed E-state index contributed by atoms with van der Waals surface area (Å²) in [6.07, 6.45) is 1.59. The lowest BCUT2D eigenvalue weighted by Crippen LogP contribution is -2.24. The minimum absolute atomic E-state index is 0.170. The molecule has 0 aliphatic heterocycles. The molecule has 18 heavy (non-hydrogen) atoms. The lowest BCUT2D eigenvalue weighted by atomic mass is 10.2. The molecule has 96 valence electrons. The number of nitrogens with one attached hydrogen (secondary N) is 2. The van der Waals surface area contributed by atoms with E-state index in [4.69, 9.17) is 4.42 Å². The number of furan rings is 1. The smallest absolute Gasteiger partial charge is 0.251 e. The van der Waals surface area contributed by atoms with Crippen molar-refractivity contribution in [3.63, 3.8) is 0 Å². The van der Waals surface area contributed by atoms with Crippen LogP contribution in [0.1, 0.15) is 25.1 Å². The number of aromatic amines is 1. The van der Waals surface area contributed by atoms with Crippen LogP contribution in [-0.2, 0) is 6.54 Å². The number of rotatable bonds is 4. The molecule has 0 amide bonds. The quantitative estimate of drug-likeness (QED) is 0.864. The van der Waals surface area contributed by atoms with Crippen LogP contribution in [-0.4, -0.2) is 16.0 Å². The Kier molecular flexibility index (Phi) is 3.62. The lowest BCUT2D eigenvalue weighted by Gasteiger charge is -2.08. The molecule has 5 nitrogen and oxygen atoms in total. The molecule has 0 aliphatic carbocycles. The normalized spacial score (nSPS) is 11.1. The van der Waals surface area contributed by atoms with Gasteiger partial charge in [-0.25, -0.2) is 4.98 Å². The number of aryl methyl sites for hydroxylation is 1. The minimum Gasteiger partial charge on any atom is -0.461 e. The van der Waals surface area contributed by atoms with Crippen LogP contribution in [0.15, 0.2) is 27.6 Å². The second-order valence-electron chi connectivity index (χ2n) is 4.55. The van der Waals surface area contributed by atoms with Gasteiger partial charge in [-0.2, -0.15) is 0 Å². The van der Waals surface area contributed by atoms with E-state index in [0.717, 1.165) is 5.56 Å². The number of H-pyrrole nitrogens is 1. The third-order valence-electron chi connectivity index (χ3n) is 2.56. The average molecular weight is 247 g/mol. The fourth-order valence-electron chi connectivity index (χ4n) is 1.63. The fraction of sp³-hybridized carbons (Fsp3) is 0.385. The largest absolute Gasteiger partial charge is 0.461 e. The van der Waals surface area contributed by atoms with Gasteiger partial charge in [0.1, 0.15) is 0 Å². The van der Waals surface area contributed by atoms with E-state index < -0.39 is 0 Å². The van der Waals surface area contributed by atoms with Gasteiger partial charge in [-0.3, -0.25) is 4.79 Å². The van der Waals surface area contributed by atoms with Gasteiger partial charge in [0.2, 0.25) is 0 Å². The van der Waals surface area contributed by atoms with Crippen LogP contribution in [0.3, 0.4) is 0 Å². The van der Waals surface area contributed by atoms with Crippen LogP contribution in [0, 0.1) is 6.92 Å². The van der Waals surface area contributed by atoms with E-state index in [1.807, 2.05) is 26.8 Å². The Morgan fingerprint density at radius 3 is 2.89 bits per heavy atom. The van der Waals surface area contributed by atoms with E-state index in [2.05, 4.69) is 15.3 Å². The Morgan fingerprint density at radius 2 is 2.28 bits per heavy atom. The molecule has 0 unspecified atom stereocenters. The van der Waals surface area contributed by atoms with Crippen LogP contribution in [0.4, 0.5) is 0 Å². The first-order valence-corrected chi connectivity index (χ1v) is 5.94. The van der Waals surface area contributed by atoms with Gasteiger partial charge >= 0.3 is 0 Å². The highest BCUT2D eigenvalue weighted by Gasteiger charge is 2.10. The van der Waals surface area contributed by atoms with Crippen molar-refractivity contribution in [3.8, 4) is 11.6 Å². The summed E-state index contributed by atoms with van der Waals surface area (Å²) in [5, 5.41) is 3.23. The first-order valence-electron chi connectivity index (χ1n) is 5.94. The first kappa shape index (κ1) is 12.6. The lowest BCUT2D eigenvalue weighted by molar-refractivity contribution is 0.568. The van der Waals surface area contributed by atoms with Crippen molar-refractivity contribution >= 4 is 0 Å². The molecular weight excluding hydrogens is 230 g/mol. The Labute approximate surface area is 105 Å². The monoisotopic (exact) mass is 247 g/mol. The molecule has 0 bridgehead atoms. The van der Waals surface area contributed by atoms with Gasteiger partial charge in [-0.15, -0.1) is 0 Å². The molecule has 2 aromatic heterocycles. The van der Waals surface area contributed by atoms with E-state index in [9.17, 15) is 4.79 Å². The van der Waals surface area contributed by atoms with Gasteiger partial charge < -0.3 is 14.7 Å². The van der Waals surface area contributed by atoms with Gasteiger partial charge in [0.15, 0.2) is 11.6 Å². The molecule has 2 aromatic rings. The fourth-order valence-corrected chi connectivity index (χ4v) is 1.63. The first-order chi connectivity index (χ1) is 8.56. The van der Waals surface area contributed by atoms with E-state index >= 15 is 0 Å². The zero-order valence-electron chi connectivity index (χ0n) is 10.8. The summed E-state index contributed by atoms with van der Waals surface area (Å²) >= 11 is 0. The molecule has 2 heterocycles. The van der Waals surface area contributed by atoms with Crippen molar-refractivity contribution in [2.75, 3.05) is 0 Å². The van der Waals surface area contributed by atoms with Crippen LogP contribution < -0.4 is 10.9 Å². The van der Waals surface area contributed by atoms with E-state index in [1.165, 1.54) is 6.07 Å². The molecule has 2 rings (SSSR count). The van der Waals surface area contributed by atoms with Crippen LogP contribution in [0.25, 0.3) is 11.6 Å². The van der Waals surface area contributed by atoms with Crippen LogP contribution in [0.2, 0.25) is 0 Å². The van der Waals surface area contributed by atoms with Crippen molar-refractivity contribution in [3.05, 3.63) is 40.0 Å². The molecule has 0 spiro atoms. The highest BCUT2D eigenvalue weighted by atomic mass is 16.3. The molecule has 0 aliphatic rings. The number of hydrogen-bond donors (Lipinski definition) is 2. The molecule has 0 atom stereocenters. The third-order valence-corrected chi connectivity index (χ3v) is 2.56. The molecule has 0 fully saturated rings. The highest BCUT2D eigenvalue weighted by Crippen LogP contribution is 2.19. The number of nitrogens with zero attached hydrogens (tertiary/aromatic N) is 1. The molecule has 0 radical (unpaired) electrons. The van der Waals surface area contributed by atoms with Crippen LogP contribution in [0.5, 0.6) is 0 Å². The SMILES string of the molecule is Cc1ccoc1-c1nc(CNC(C)C)cc(=O)[nH]1. The Hall–Kier alpha value is -1.88. The summed E-state index contributed by atoms with van der Waals surface area (Å²) in [6.45, 7) is 6.57. The maximum absolute atomic E-state index is 11.6. The zero-order chi connectivity index (χ0) is 13.1. The summed E-state index contributed by atoms with van der Waals surface area (Å²) in [6, 6.07) is 3.69. The molecule has 2 N–H and O–H groups in total. The molecule has 0 aromatic carbocycles. The standard InChI is InChI=1S/C13H17N3O2/c1-8(2)14-7-10-6-11(17)16-13(15-10)12-9(3)4-5-18-12/h4-6,8,14H,7H2,1-3H3,(H,15,16,17). The second kappa shape index (κ2) is 5.18. The van der Waals surface area contributed by atoms with Gasteiger partial charge in [0.05, 0.1) is 12.0 Å². The van der Waals surface area contributed by atoms with Gasteiger partial charge in [-0.05, 0) is 18.6 Å². The second-order valence-corrected chi connectivity index (χ2v) is 4.55. The van der Waals surface area contributed by atoms with E-state index in [-0.39, 0.29) is 5.56 Å². The maximum Gasteiger partial charge on any atom is 0.251 e. The Bertz CT molecular complexity index is 584. The molecule has 5 heteroatoms. The Morgan fingerprint density at radius 1 is 1.50 bits per heavy atom. The molecular formula is C13H17N3O2. The summed E-state index contributed by atoms with van der Waals surface area (Å²) in [7, 11) is 0. The summed E-state index contributed by atoms with van der Waals surface area (Å²) in [5.41, 5.74) is 1.49. The van der Waals surface area contributed by atoms with Crippen molar-refractivity contribution < 1.29 is 4.42 Å². The minimum atomic E-state index is -0.170. The van der Waals surface area contributed by atoms with Crippen molar-refractivity contribution in [1.29, 1.82) is 0 Å². The number of hydrogen-bond acceptors (Lipinski definition) is 4. The molecule has 0 saturated heterocycles. The van der Waals surface area contributed by atoms with E-state index in [1.54, 1.807) is 6.26 Å². The predicted molar refractivity (Wildman–Crippen MR) is 69.3 cm³/mol. The van der Waals surface area contributed by atoms with Crippen molar-refractivity contribution in [2.45, 2.75) is 33.4 Å². The summed E-state index contributed by atoms with van der Waals surface area (Å²) in [4.78, 5) is 18.7. The third kappa shape index (κ3) is 2.87. The highest BCUT2D eigenvalue weighted by molar-refractivity contribution is 5.51. The summed E-state index contributed by atoms with van der Waals surface area (Å²) < 4.78 is 5.33. The van der Waals surface area contributed by atoms with Crippen molar-refractivity contribution in [1.82, 2.24) is 15.3 Å². The average Bonchev–Trinajstić information content (AvgIpc) is 2.72. The Balaban J connectivity index is 2.33. The maximum atomic E-state index is 11.6. The predicted octanol–water partition coefficient (Wildman–Crippen LogP) is 1.84. The van der Waals surface area contributed by atoms with Gasteiger partial charge in [-0.1, -0.05) is 13.8 Å². The number of aromatic nitrogens is 2. The topological polar surface area (TPSA) is 70.9 Å². The van der Waals surface area contributed by atoms with Gasteiger partial charge in [0.25, 0.3) is 5.56 Å². The molecule has 0 saturated carbocycles.